The molecular formula is C9H15N5OS. The number of amides is 2. The van der Waals surface area contributed by atoms with Gasteiger partial charge in [0.25, 0.3) is 0 Å². The fourth-order valence-electron chi connectivity index (χ4n) is 1.27. The van der Waals surface area contributed by atoms with Gasteiger partial charge in [-0.25, -0.2) is 10.2 Å². The first-order valence-corrected chi connectivity index (χ1v) is 5.84. The highest BCUT2D eigenvalue weighted by Gasteiger charge is 2.30. The molecule has 1 fully saturated rings. The molecule has 2 heterocycles. The Morgan fingerprint density at radius 2 is 2.06 bits per heavy atom. The molecule has 1 aromatic heterocycles. The van der Waals surface area contributed by atoms with Gasteiger partial charge in [0.05, 0.1) is 6.67 Å². The van der Waals surface area contributed by atoms with Crippen LogP contribution in [0, 0.1) is 0 Å². The van der Waals surface area contributed by atoms with Crippen molar-refractivity contribution in [1.82, 2.24) is 20.6 Å². The van der Waals surface area contributed by atoms with Crippen molar-refractivity contribution in [2.45, 2.75) is 26.2 Å². The predicted molar refractivity (Wildman–Crippen MR) is 62.2 cm³/mol. The third-order valence-electron chi connectivity index (χ3n) is 2.27. The minimum absolute atomic E-state index is 0.0297. The zero-order chi connectivity index (χ0) is 11.9. The smallest absolute Gasteiger partial charge is 0.261 e. The molecule has 0 aliphatic carbocycles. The summed E-state index contributed by atoms with van der Waals surface area (Å²) in [6.07, 6.45) is 0. The summed E-state index contributed by atoms with van der Waals surface area (Å²) in [7, 11) is 1.69. The van der Waals surface area contributed by atoms with E-state index in [9.17, 15) is 4.79 Å². The van der Waals surface area contributed by atoms with E-state index in [2.05, 4.69) is 36.4 Å². The Labute approximate surface area is 98.2 Å². The van der Waals surface area contributed by atoms with Crippen molar-refractivity contribution in [3.8, 4) is 0 Å². The number of anilines is 1. The normalized spacial score (nSPS) is 17.4. The predicted octanol–water partition coefficient (Wildman–Crippen LogP) is 1.17. The molecule has 2 amide bonds. The van der Waals surface area contributed by atoms with Crippen LogP contribution in [0.25, 0.3) is 0 Å². The van der Waals surface area contributed by atoms with E-state index in [1.54, 1.807) is 11.9 Å². The van der Waals surface area contributed by atoms with Crippen LogP contribution in [0.1, 0.15) is 25.8 Å². The molecule has 0 spiro atoms. The number of aromatic nitrogens is 2. The largest absolute Gasteiger partial charge is 0.341 e. The number of carbonyl (C=O) groups excluding carboxylic acids is 1. The van der Waals surface area contributed by atoms with Crippen LogP contribution in [-0.2, 0) is 5.41 Å². The molecule has 0 bridgehead atoms. The standard InChI is InChI=1S/C9H15N5OS/c1-9(2,3)6-11-12-7(16-6)14-5-10-13(4)8(14)15/h10H,5H2,1-4H3. The fraction of sp³-hybridized carbons (Fsp3) is 0.667. The molecule has 7 heteroatoms. The summed E-state index contributed by atoms with van der Waals surface area (Å²) in [5, 5.41) is 11.2. The fourth-order valence-corrected chi connectivity index (χ4v) is 2.17. The number of hydrogen-bond donors (Lipinski definition) is 1. The Morgan fingerprint density at radius 3 is 2.50 bits per heavy atom. The topological polar surface area (TPSA) is 61.4 Å². The molecule has 0 aromatic carbocycles. The maximum absolute atomic E-state index is 11.7. The molecule has 88 valence electrons. The van der Waals surface area contributed by atoms with E-state index in [-0.39, 0.29) is 11.4 Å². The minimum Gasteiger partial charge on any atom is -0.261 e. The molecule has 1 aromatic rings. The van der Waals surface area contributed by atoms with Crippen LogP contribution in [-0.4, -0.2) is 35.0 Å². The second-order valence-corrected chi connectivity index (χ2v) is 5.68. The van der Waals surface area contributed by atoms with Crippen LogP contribution in [0.5, 0.6) is 0 Å². The van der Waals surface area contributed by atoms with Gasteiger partial charge < -0.3 is 0 Å². The lowest BCUT2D eigenvalue weighted by molar-refractivity contribution is 0.217. The van der Waals surface area contributed by atoms with Crippen LogP contribution < -0.4 is 10.3 Å². The third kappa shape index (κ3) is 1.88. The Kier molecular flexibility index (Phi) is 2.59. The highest BCUT2D eigenvalue weighted by Crippen LogP contribution is 2.30. The second-order valence-electron chi connectivity index (χ2n) is 4.73. The molecule has 1 aliphatic rings. The van der Waals surface area contributed by atoms with Crippen molar-refractivity contribution in [3.63, 3.8) is 0 Å². The lowest BCUT2D eigenvalue weighted by Crippen LogP contribution is -2.31. The van der Waals surface area contributed by atoms with E-state index in [0.717, 1.165) is 5.01 Å². The molecule has 1 saturated heterocycles. The van der Waals surface area contributed by atoms with Crippen LogP contribution in [0.4, 0.5) is 9.93 Å². The molecule has 6 nitrogen and oxygen atoms in total. The number of urea groups is 1. The number of rotatable bonds is 1. The molecule has 1 aliphatic heterocycles. The summed E-state index contributed by atoms with van der Waals surface area (Å²) < 4.78 is 0. The highest BCUT2D eigenvalue weighted by molar-refractivity contribution is 7.15. The highest BCUT2D eigenvalue weighted by atomic mass is 32.1. The number of hydrogen-bond acceptors (Lipinski definition) is 5. The number of nitrogens with zero attached hydrogens (tertiary/aromatic N) is 4. The monoisotopic (exact) mass is 241 g/mol. The van der Waals surface area contributed by atoms with Crippen molar-refractivity contribution in [2.24, 2.45) is 0 Å². The van der Waals surface area contributed by atoms with Crippen LogP contribution in [0.2, 0.25) is 0 Å². The minimum atomic E-state index is -0.100. The van der Waals surface area contributed by atoms with Gasteiger partial charge in [-0.15, -0.1) is 10.2 Å². The first kappa shape index (κ1) is 11.3. The number of nitrogens with one attached hydrogen (secondary N) is 1. The summed E-state index contributed by atoms with van der Waals surface area (Å²) in [6, 6.07) is -0.100. The molecular weight excluding hydrogens is 226 g/mol. The Morgan fingerprint density at radius 1 is 1.38 bits per heavy atom. The van der Waals surface area contributed by atoms with Gasteiger partial charge in [-0.1, -0.05) is 32.1 Å². The summed E-state index contributed by atoms with van der Waals surface area (Å²) >= 11 is 1.46. The summed E-state index contributed by atoms with van der Waals surface area (Å²) in [5.74, 6) is 0. The van der Waals surface area contributed by atoms with E-state index in [1.165, 1.54) is 16.3 Å². The van der Waals surface area contributed by atoms with Crippen molar-refractivity contribution in [3.05, 3.63) is 5.01 Å². The maximum Gasteiger partial charge on any atom is 0.341 e. The molecule has 0 atom stereocenters. The Balaban J connectivity index is 2.23. The maximum atomic E-state index is 11.7. The summed E-state index contributed by atoms with van der Waals surface area (Å²) in [4.78, 5) is 13.3. The van der Waals surface area contributed by atoms with Gasteiger partial charge in [0.2, 0.25) is 5.13 Å². The lowest BCUT2D eigenvalue weighted by atomic mass is 9.98. The molecule has 0 saturated carbocycles. The quantitative estimate of drug-likeness (QED) is 0.801. The average Bonchev–Trinajstić information content (AvgIpc) is 2.74. The van der Waals surface area contributed by atoms with E-state index >= 15 is 0 Å². The molecule has 16 heavy (non-hydrogen) atoms. The Hall–Kier alpha value is -1.21. The van der Waals surface area contributed by atoms with E-state index < -0.39 is 0 Å². The van der Waals surface area contributed by atoms with Crippen molar-refractivity contribution >= 4 is 22.5 Å². The van der Waals surface area contributed by atoms with Gasteiger partial charge in [-0.2, -0.15) is 0 Å². The van der Waals surface area contributed by atoms with Crippen LogP contribution >= 0.6 is 11.3 Å². The van der Waals surface area contributed by atoms with Crippen LogP contribution in [0.3, 0.4) is 0 Å². The first-order chi connectivity index (χ1) is 7.39. The third-order valence-corrected chi connectivity index (χ3v) is 3.64. The average molecular weight is 241 g/mol. The van der Waals surface area contributed by atoms with Gasteiger partial charge in [0.1, 0.15) is 5.01 Å². The first-order valence-electron chi connectivity index (χ1n) is 5.02. The van der Waals surface area contributed by atoms with Gasteiger partial charge in [-0.3, -0.25) is 9.91 Å². The summed E-state index contributed by atoms with van der Waals surface area (Å²) in [5.41, 5.74) is 2.88. The van der Waals surface area contributed by atoms with Gasteiger partial charge in [0.15, 0.2) is 0 Å². The van der Waals surface area contributed by atoms with E-state index in [0.29, 0.717) is 11.8 Å². The van der Waals surface area contributed by atoms with Gasteiger partial charge in [-0.05, 0) is 0 Å². The van der Waals surface area contributed by atoms with Crippen molar-refractivity contribution in [2.75, 3.05) is 18.6 Å². The zero-order valence-corrected chi connectivity index (χ0v) is 10.6. The van der Waals surface area contributed by atoms with Gasteiger partial charge >= 0.3 is 6.03 Å². The second kappa shape index (κ2) is 3.67. The Bertz CT molecular complexity index is 410. The van der Waals surface area contributed by atoms with Crippen molar-refractivity contribution < 1.29 is 4.79 Å². The lowest BCUT2D eigenvalue weighted by Gasteiger charge is -2.13. The van der Waals surface area contributed by atoms with Gasteiger partial charge in [0, 0.05) is 12.5 Å². The van der Waals surface area contributed by atoms with E-state index in [1.807, 2.05) is 0 Å². The number of carbonyl (C=O) groups is 1. The van der Waals surface area contributed by atoms with Crippen LogP contribution in [0.15, 0.2) is 0 Å². The van der Waals surface area contributed by atoms with Crippen molar-refractivity contribution in [1.29, 1.82) is 0 Å². The zero-order valence-electron chi connectivity index (χ0n) is 9.81. The number of hydrazine groups is 1. The molecule has 1 N–H and O–H groups in total. The summed E-state index contributed by atoms with van der Waals surface area (Å²) in [6.45, 7) is 6.68. The molecule has 0 radical (unpaired) electrons. The molecule has 0 unspecified atom stereocenters. The molecule has 2 rings (SSSR count). The van der Waals surface area contributed by atoms with E-state index in [4.69, 9.17) is 0 Å². The SMILES string of the molecule is CN1NCN(c2nnc(C(C)(C)C)s2)C1=O.